The number of carbonyl (C=O) groups excluding carboxylic acids is 1. The third-order valence-electron chi connectivity index (χ3n) is 4.31. The Morgan fingerprint density at radius 1 is 0.833 bits per heavy atom. The molecule has 0 aromatic rings. The first kappa shape index (κ1) is 21.3. The minimum atomic E-state index is -1.73. The zero-order chi connectivity index (χ0) is 17.9. The summed E-state index contributed by atoms with van der Waals surface area (Å²) in [6.45, 7) is 2.40. The van der Waals surface area contributed by atoms with Crippen LogP contribution in [0.25, 0.3) is 0 Å². The van der Waals surface area contributed by atoms with Crippen molar-refractivity contribution in [3.05, 3.63) is 0 Å². The normalized spacial score (nSPS) is 30.3. The second-order valence-electron chi connectivity index (χ2n) is 6.41. The second-order valence-corrected chi connectivity index (χ2v) is 6.41. The van der Waals surface area contributed by atoms with E-state index in [4.69, 9.17) is 9.47 Å². The second kappa shape index (κ2) is 11.8. The molecule has 5 atom stereocenters. The van der Waals surface area contributed by atoms with Gasteiger partial charge >= 0.3 is 5.97 Å². The molecule has 1 fully saturated rings. The monoisotopic (exact) mass is 348 g/mol. The fourth-order valence-electron chi connectivity index (χ4n) is 2.72. The Kier molecular flexibility index (Phi) is 10.4. The predicted molar refractivity (Wildman–Crippen MR) is 87.1 cm³/mol. The van der Waals surface area contributed by atoms with E-state index in [0.29, 0.717) is 0 Å². The molecule has 142 valence electrons. The summed E-state index contributed by atoms with van der Waals surface area (Å²) in [5.41, 5.74) is 0. The topological polar surface area (TPSA) is 116 Å². The van der Waals surface area contributed by atoms with Crippen LogP contribution in [0.4, 0.5) is 0 Å². The van der Waals surface area contributed by atoms with Crippen molar-refractivity contribution in [3.63, 3.8) is 0 Å². The van der Waals surface area contributed by atoms with Gasteiger partial charge in [-0.05, 0) is 6.42 Å². The molecule has 0 spiro atoms. The predicted octanol–water partition coefficient (Wildman–Crippen LogP) is 0.860. The van der Waals surface area contributed by atoms with Crippen LogP contribution in [0.15, 0.2) is 0 Å². The van der Waals surface area contributed by atoms with Crippen molar-refractivity contribution >= 4 is 5.97 Å². The molecule has 1 heterocycles. The van der Waals surface area contributed by atoms with Crippen molar-refractivity contribution in [2.75, 3.05) is 6.61 Å². The lowest BCUT2D eigenvalue weighted by Crippen LogP contribution is -2.59. The van der Waals surface area contributed by atoms with Crippen LogP contribution in [0.1, 0.15) is 64.7 Å². The summed E-state index contributed by atoms with van der Waals surface area (Å²) in [5.74, 6) is -0.841. The van der Waals surface area contributed by atoms with Crippen molar-refractivity contribution in [1.82, 2.24) is 0 Å². The Morgan fingerprint density at radius 3 is 1.96 bits per heavy atom. The number of esters is 1. The molecule has 1 aliphatic rings. The highest BCUT2D eigenvalue weighted by Gasteiger charge is 2.46. The summed E-state index contributed by atoms with van der Waals surface area (Å²) in [6.07, 6.45) is 2.15. The molecule has 0 bridgehead atoms. The van der Waals surface area contributed by atoms with Gasteiger partial charge in [0.2, 0.25) is 0 Å². The van der Waals surface area contributed by atoms with Crippen molar-refractivity contribution in [2.24, 2.45) is 0 Å². The number of aliphatic hydroxyl groups excluding tert-OH is 4. The van der Waals surface area contributed by atoms with Gasteiger partial charge in [-0.1, -0.05) is 58.3 Å². The van der Waals surface area contributed by atoms with Gasteiger partial charge < -0.3 is 29.9 Å². The lowest BCUT2D eigenvalue weighted by atomic mass is 9.99. The van der Waals surface area contributed by atoms with Gasteiger partial charge in [0.05, 0.1) is 6.61 Å². The van der Waals surface area contributed by atoms with E-state index >= 15 is 0 Å². The number of hydrogen-bond acceptors (Lipinski definition) is 7. The van der Waals surface area contributed by atoms with Crippen molar-refractivity contribution in [2.45, 2.75) is 95.4 Å². The van der Waals surface area contributed by atoms with Gasteiger partial charge in [0.25, 0.3) is 0 Å². The van der Waals surface area contributed by atoms with Gasteiger partial charge in [0, 0.05) is 0 Å². The molecule has 0 aliphatic carbocycles. The minimum absolute atomic E-state index is 0.204. The zero-order valence-electron chi connectivity index (χ0n) is 14.5. The number of carbonyl (C=O) groups is 1. The van der Waals surface area contributed by atoms with Gasteiger partial charge in [-0.15, -0.1) is 0 Å². The smallest absolute Gasteiger partial charge is 0.338 e. The summed E-state index contributed by atoms with van der Waals surface area (Å²) >= 11 is 0. The molecular formula is C17H32O7. The Balaban J connectivity index is 2.09. The first-order valence-corrected chi connectivity index (χ1v) is 9.03. The van der Waals surface area contributed by atoms with Gasteiger partial charge in [-0.25, -0.2) is 4.79 Å². The highest BCUT2D eigenvalue weighted by Crippen LogP contribution is 2.21. The molecule has 4 N–H and O–H groups in total. The summed E-state index contributed by atoms with van der Waals surface area (Å²) < 4.78 is 9.82. The molecule has 24 heavy (non-hydrogen) atoms. The first-order valence-electron chi connectivity index (χ1n) is 9.03. The maximum Gasteiger partial charge on any atom is 0.338 e. The van der Waals surface area contributed by atoms with Crippen molar-refractivity contribution in [3.8, 4) is 0 Å². The average Bonchev–Trinajstić information content (AvgIpc) is 2.57. The third-order valence-corrected chi connectivity index (χ3v) is 4.31. The molecule has 0 radical (unpaired) electrons. The average molecular weight is 348 g/mol. The SMILES string of the molecule is CCCCCCCCCCCOC(=O)[C@H]1O[C@@H](O)[C@H](O)[C@@H](O)[C@@H]1O. The summed E-state index contributed by atoms with van der Waals surface area (Å²) in [4.78, 5) is 11.8. The van der Waals surface area contributed by atoms with Crippen LogP contribution < -0.4 is 0 Å². The Bertz CT molecular complexity index is 350. The van der Waals surface area contributed by atoms with E-state index in [0.717, 1.165) is 19.3 Å². The van der Waals surface area contributed by atoms with E-state index in [2.05, 4.69) is 6.92 Å². The number of unbranched alkanes of at least 4 members (excludes halogenated alkanes) is 8. The van der Waals surface area contributed by atoms with Crippen LogP contribution in [0, 0.1) is 0 Å². The van der Waals surface area contributed by atoms with Crippen LogP contribution in [0.2, 0.25) is 0 Å². The molecule has 1 saturated heterocycles. The molecule has 0 amide bonds. The molecule has 0 aromatic heterocycles. The van der Waals surface area contributed by atoms with E-state index in [1.165, 1.54) is 38.5 Å². The Morgan fingerprint density at radius 2 is 1.38 bits per heavy atom. The number of rotatable bonds is 11. The summed E-state index contributed by atoms with van der Waals surface area (Å²) in [7, 11) is 0. The molecule has 1 aliphatic heterocycles. The van der Waals surface area contributed by atoms with Gasteiger partial charge in [-0.2, -0.15) is 0 Å². The fourth-order valence-corrected chi connectivity index (χ4v) is 2.72. The van der Waals surface area contributed by atoms with Gasteiger partial charge in [0.1, 0.15) is 18.3 Å². The van der Waals surface area contributed by atoms with Crippen LogP contribution >= 0.6 is 0 Å². The van der Waals surface area contributed by atoms with E-state index in [-0.39, 0.29) is 6.61 Å². The standard InChI is InChI=1S/C17H32O7/c1-2-3-4-5-6-7-8-9-10-11-23-17(22)15-13(19)12(18)14(20)16(21)24-15/h12-16,18-21H,2-11H2,1H3/t12-,13-,14+,15-,16+/m0/s1. The van der Waals surface area contributed by atoms with Crippen LogP contribution in [0.5, 0.6) is 0 Å². The molecule has 0 unspecified atom stereocenters. The Hall–Kier alpha value is -0.730. The van der Waals surface area contributed by atoms with Crippen LogP contribution in [0.3, 0.4) is 0 Å². The summed E-state index contributed by atoms with van der Waals surface area (Å²) in [6, 6.07) is 0. The fraction of sp³-hybridized carbons (Fsp3) is 0.941. The van der Waals surface area contributed by atoms with E-state index in [1.54, 1.807) is 0 Å². The van der Waals surface area contributed by atoms with Crippen LogP contribution in [-0.4, -0.2) is 63.7 Å². The molecule has 0 saturated carbocycles. The number of ether oxygens (including phenoxy) is 2. The zero-order valence-corrected chi connectivity index (χ0v) is 14.5. The van der Waals surface area contributed by atoms with E-state index in [1.807, 2.05) is 0 Å². The number of hydrogen-bond donors (Lipinski definition) is 4. The maximum absolute atomic E-state index is 11.8. The van der Waals surface area contributed by atoms with Gasteiger partial charge in [-0.3, -0.25) is 0 Å². The third kappa shape index (κ3) is 7.03. The largest absolute Gasteiger partial charge is 0.464 e. The highest BCUT2D eigenvalue weighted by molar-refractivity contribution is 5.75. The first-order chi connectivity index (χ1) is 11.5. The molecule has 1 rings (SSSR count). The minimum Gasteiger partial charge on any atom is -0.464 e. The van der Waals surface area contributed by atoms with Crippen LogP contribution in [-0.2, 0) is 14.3 Å². The lowest BCUT2D eigenvalue weighted by Gasteiger charge is -2.36. The van der Waals surface area contributed by atoms with Crippen molar-refractivity contribution < 1.29 is 34.7 Å². The lowest BCUT2D eigenvalue weighted by molar-refractivity contribution is -0.281. The molecule has 0 aromatic carbocycles. The number of aliphatic hydroxyl groups is 4. The Labute approximate surface area is 143 Å². The maximum atomic E-state index is 11.8. The molecule has 7 nitrogen and oxygen atoms in total. The van der Waals surface area contributed by atoms with Gasteiger partial charge in [0.15, 0.2) is 12.4 Å². The van der Waals surface area contributed by atoms with E-state index < -0.39 is 36.7 Å². The molecule has 7 heteroatoms. The van der Waals surface area contributed by atoms with E-state index in [9.17, 15) is 25.2 Å². The quantitative estimate of drug-likeness (QED) is 0.323. The summed E-state index contributed by atoms with van der Waals surface area (Å²) in [5, 5.41) is 38.0. The highest BCUT2D eigenvalue weighted by atomic mass is 16.7. The van der Waals surface area contributed by atoms with Crippen molar-refractivity contribution in [1.29, 1.82) is 0 Å². The molecular weight excluding hydrogens is 316 g/mol.